The van der Waals surface area contributed by atoms with Crippen molar-refractivity contribution in [2.24, 2.45) is 5.92 Å². The maximum absolute atomic E-state index is 5.47. The normalized spacial score (nSPS) is 11.3. The topological polar surface area (TPSA) is 56.3 Å². The molecule has 0 aliphatic carbocycles. The van der Waals surface area contributed by atoms with Crippen LogP contribution in [0, 0.1) is 12.8 Å². The summed E-state index contributed by atoms with van der Waals surface area (Å²) in [5.41, 5.74) is 2.06. The van der Waals surface area contributed by atoms with Crippen LogP contribution in [-0.2, 0) is 11.3 Å². The number of aromatic nitrogens is 2. The summed E-state index contributed by atoms with van der Waals surface area (Å²) in [7, 11) is 0. The van der Waals surface area contributed by atoms with E-state index < -0.39 is 0 Å². The molecule has 20 heavy (non-hydrogen) atoms. The molecule has 0 aliphatic rings. The van der Waals surface area contributed by atoms with Crippen molar-refractivity contribution in [2.75, 3.05) is 19.8 Å². The largest absolute Gasteiger partial charge is 0.461 e. The zero-order chi connectivity index (χ0) is 15.0. The first-order chi connectivity index (χ1) is 9.49. The van der Waals surface area contributed by atoms with Crippen molar-refractivity contribution >= 4 is 0 Å². The summed E-state index contributed by atoms with van der Waals surface area (Å²) in [6.07, 6.45) is 2.05. The Hall–Kier alpha value is -1.20. The van der Waals surface area contributed by atoms with Crippen LogP contribution in [0.4, 0.5) is 0 Å². The van der Waals surface area contributed by atoms with E-state index in [4.69, 9.17) is 9.47 Å². The molecule has 0 amide bonds. The first-order valence-corrected chi connectivity index (χ1v) is 7.26. The van der Waals surface area contributed by atoms with E-state index in [1.54, 1.807) is 0 Å². The summed E-state index contributed by atoms with van der Waals surface area (Å²) in [4.78, 5) is 8.58. The van der Waals surface area contributed by atoms with Crippen molar-refractivity contribution in [2.45, 2.75) is 47.3 Å². The van der Waals surface area contributed by atoms with Gasteiger partial charge in [-0.1, -0.05) is 13.8 Å². The minimum atomic E-state index is 0.218. The molecule has 1 heterocycles. The lowest BCUT2D eigenvalue weighted by molar-refractivity contribution is 0.0530. The van der Waals surface area contributed by atoms with Crippen LogP contribution in [0.25, 0.3) is 0 Å². The molecule has 1 N–H and O–H groups in total. The Bertz CT molecular complexity index is 395. The third-order valence-electron chi connectivity index (χ3n) is 2.69. The van der Waals surface area contributed by atoms with Crippen molar-refractivity contribution in [1.82, 2.24) is 15.3 Å². The van der Waals surface area contributed by atoms with Crippen LogP contribution in [0.3, 0.4) is 0 Å². The average Bonchev–Trinajstić information content (AvgIpc) is 2.36. The van der Waals surface area contributed by atoms with Gasteiger partial charge in [0.15, 0.2) is 0 Å². The molecule has 0 fully saturated rings. The smallest absolute Gasteiger partial charge is 0.316 e. The maximum Gasteiger partial charge on any atom is 0.316 e. The van der Waals surface area contributed by atoms with Crippen molar-refractivity contribution in [3.05, 3.63) is 17.5 Å². The van der Waals surface area contributed by atoms with Gasteiger partial charge in [0.1, 0.15) is 6.61 Å². The monoisotopic (exact) mass is 281 g/mol. The van der Waals surface area contributed by atoms with Crippen LogP contribution in [0.15, 0.2) is 6.20 Å². The molecule has 1 aromatic rings. The third-order valence-corrected chi connectivity index (χ3v) is 2.69. The molecular weight excluding hydrogens is 254 g/mol. The van der Waals surface area contributed by atoms with Crippen molar-refractivity contribution in [3.63, 3.8) is 0 Å². The Labute approximate surface area is 122 Å². The van der Waals surface area contributed by atoms with Gasteiger partial charge in [0, 0.05) is 24.0 Å². The average molecular weight is 281 g/mol. The molecule has 0 bridgehead atoms. The second-order valence-electron chi connectivity index (χ2n) is 5.56. The molecule has 0 unspecified atom stereocenters. The molecule has 5 nitrogen and oxygen atoms in total. The van der Waals surface area contributed by atoms with E-state index >= 15 is 0 Å². The minimum absolute atomic E-state index is 0.218. The molecule has 0 atom stereocenters. The zero-order valence-electron chi connectivity index (χ0n) is 13.3. The van der Waals surface area contributed by atoms with Crippen molar-refractivity contribution in [3.8, 4) is 6.01 Å². The SMILES string of the molecule is Cc1nc(OCCOC(C)C)ncc1CNCC(C)C. The fourth-order valence-corrected chi connectivity index (χ4v) is 1.63. The molecule has 1 rings (SSSR count). The highest BCUT2D eigenvalue weighted by Gasteiger charge is 2.05. The lowest BCUT2D eigenvalue weighted by Crippen LogP contribution is -2.20. The van der Waals surface area contributed by atoms with E-state index in [-0.39, 0.29) is 6.10 Å². The molecule has 0 aliphatic heterocycles. The summed E-state index contributed by atoms with van der Waals surface area (Å²) < 4.78 is 10.9. The summed E-state index contributed by atoms with van der Waals surface area (Å²) in [5, 5.41) is 3.39. The fraction of sp³-hybridized carbons (Fsp3) is 0.733. The first kappa shape index (κ1) is 16.9. The van der Waals surface area contributed by atoms with E-state index in [1.807, 2.05) is 27.0 Å². The van der Waals surface area contributed by atoms with Crippen LogP contribution >= 0.6 is 0 Å². The second kappa shape index (κ2) is 8.87. The lowest BCUT2D eigenvalue weighted by atomic mass is 10.2. The second-order valence-corrected chi connectivity index (χ2v) is 5.56. The number of hydrogen-bond donors (Lipinski definition) is 1. The molecule has 0 saturated heterocycles. The highest BCUT2D eigenvalue weighted by atomic mass is 16.5. The highest BCUT2D eigenvalue weighted by Crippen LogP contribution is 2.08. The van der Waals surface area contributed by atoms with Gasteiger partial charge in [-0.25, -0.2) is 9.97 Å². The van der Waals surface area contributed by atoms with Crippen LogP contribution in [0.2, 0.25) is 0 Å². The van der Waals surface area contributed by atoms with Gasteiger partial charge in [0.25, 0.3) is 0 Å². The number of aryl methyl sites for hydroxylation is 1. The first-order valence-electron chi connectivity index (χ1n) is 7.26. The Kier molecular flexibility index (Phi) is 7.47. The van der Waals surface area contributed by atoms with Gasteiger partial charge < -0.3 is 14.8 Å². The van der Waals surface area contributed by atoms with E-state index in [2.05, 4.69) is 29.1 Å². The van der Waals surface area contributed by atoms with E-state index in [1.165, 1.54) is 0 Å². The maximum atomic E-state index is 5.47. The zero-order valence-corrected chi connectivity index (χ0v) is 13.3. The molecule has 1 aromatic heterocycles. The minimum Gasteiger partial charge on any atom is -0.461 e. The Morgan fingerprint density at radius 3 is 2.55 bits per heavy atom. The summed E-state index contributed by atoms with van der Waals surface area (Å²) in [6, 6.07) is 0.419. The van der Waals surface area contributed by atoms with Gasteiger partial charge in [0.05, 0.1) is 12.7 Å². The van der Waals surface area contributed by atoms with Crippen LogP contribution in [-0.4, -0.2) is 35.8 Å². The van der Waals surface area contributed by atoms with E-state index in [9.17, 15) is 0 Å². The van der Waals surface area contributed by atoms with Gasteiger partial charge >= 0.3 is 6.01 Å². The Morgan fingerprint density at radius 1 is 1.20 bits per heavy atom. The Morgan fingerprint density at radius 2 is 1.95 bits per heavy atom. The molecule has 0 radical (unpaired) electrons. The van der Waals surface area contributed by atoms with Gasteiger partial charge in [-0.15, -0.1) is 0 Å². The molecule has 0 spiro atoms. The molecule has 114 valence electrons. The standard InChI is InChI=1S/C15H27N3O2/c1-11(2)8-16-9-14-10-17-15(18-13(14)5)20-7-6-19-12(3)4/h10-12,16H,6-9H2,1-5H3. The molecular formula is C15H27N3O2. The van der Waals surface area contributed by atoms with Gasteiger partial charge in [0.2, 0.25) is 0 Å². The number of nitrogens with one attached hydrogen (secondary N) is 1. The molecule has 5 heteroatoms. The quantitative estimate of drug-likeness (QED) is 0.704. The predicted molar refractivity (Wildman–Crippen MR) is 79.9 cm³/mol. The number of ether oxygens (including phenoxy) is 2. The van der Waals surface area contributed by atoms with Gasteiger partial charge in [-0.2, -0.15) is 0 Å². The third kappa shape index (κ3) is 6.82. The number of hydrogen-bond acceptors (Lipinski definition) is 5. The summed E-state index contributed by atoms with van der Waals surface area (Å²) >= 11 is 0. The number of rotatable bonds is 9. The van der Waals surface area contributed by atoms with E-state index in [0.29, 0.717) is 25.1 Å². The Balaban J connectivity index is 2.38. The van der Waals surface area contributed by atoms with Crippen molar-refractivity contribution < 1.29 is 9.47 Å². The van der Waals surface area contributed by atoms with E-state index in [0.717, 1.165) is 24.3 Å². The van der Waals surface area contributed by atoms with Crippen LogP contribution in [0.1, 0.15) is 39.0 Å². The summed E-state index contributed by atoms with van der Waals surface area (Å²) in [5.74, 6) is 0.639. The predicted octanol–water partition coefficient (Wildman–Crippen LogP) is 2.33. The highest BCUT2D eigenvalue weighted by molar-refractivity contribution is 5.17. The van der Waals surface area contributed by atoms with Gasteiger partial charge in [-0.3, -0.25) is 0 Å². The molecule has 0 saturated carbocycles. The fourth-order valence-electron chi connectivity index (χ4n) is 1.63. The number of nitrogens with zero attached hydrogens (tertiary/aromatic N) is 2. The lowest BCUT2D eigenvalue weighted by Gasteiger charge is -2.11. The van der Waals surface area contributed by atoms with Crippen LogP contribution < -0.4 is 10.1 Å². The van der Waals surface area contributed by atoms with Crippen molar-refractivity contribution in [1.29, 1.82) is 0 Å². The van der Waals surface area contributed by atoms with Gasteiger partial charge in [-0.05, 0) is 33.2 Å². The molecule has 0 aromatic carbocycles. The summed E-state index contributed by atoms with van der Waals surface area (Å²) in [6.45, 7) is 13.2. The van der Waals surface area contributed by atoms with Crippen LogP contribution in [0.5, 0.6) is 6.01 Å².